The topological polar surface area (TPSA) is 67.5 Å². The Labute approximate surface area is 128 Å². The lowest BCUT2D eigenvalue weighted by Gasteiger charge is -2.11. The summed E-state index contributed by atoms with van der Waals surface area (Å²) in [6, 6.07) is 2.65. The number of hydrogen-bond donors (Lipinski definition) is 1. The monoisotopic (exact) mass is 321 g/mol. The first-order valence-electron chi connectivity index (χ1n) is 6.51. The molecular formula is C15H10F3N3O2. The summed E-state index contributed by atoms with van der Waals surface area (Å²) < 4.78 is 40.9. The second-order valence-corrected chi connectivity index (χ2v) is 5.05. The summed E-state index contributed by atoms with van der Waals surface area (Å²) >= 11 is 0. The van der Waals surface area contributed by atoms with Crippen LogP contribution in [0, 0.1) is 6.92 Å². The Balaban J connectivity index is 2.31. The number of alkyl halides is 3. The molecule has 8 heteroatoms. The minimum absolute atomic E-state index is 0.273. The Hall–Kier alpha value is -2.90. The fourth-order valence-electron chi connectivity index (χ4n) is 2.28. The summed E-state index contributed by atoms with van der Waals surface area (Å²) in [7, 11) is 0. The first-order chi connectivity index (χ1) is 10.8. The van der Waals surface area contributed by atoms with Gasteiger partial charge in [-0.3, -0.25) is 4.98 Å². The fourth-order valence-corrected chi connectivity index (χ4v) is 2.28. The van der Waals surface area contributed by atoms with Crippen LogP contribution in [-0.2, 0) is 6.18 Å². The van der Waals surface area contributed by atoms with Crippen LogP contribution in [0.3, 0.4) is 0 Å². The van der Waals surface area contributed by atoms with Crippen molar-refractivity contribution in [2.45, 2.75) is 13.1 Å². The molecule has 0 saturated carbocycles. The predicted octanol–water partition coefficient (Wildman–Crippen LogP) is 3.42. The van der Waals surface area contributed by atoms with Gasteiger partial charge in [0.05, 0.1) is 5.56 Å². The minimum Gasteiger partial charge on any atom is -0.476 e. The molecule has 118 valence electrons. The molecular weight excluding hydrogens is 311 g/mol. The van der Waals surface area contributed by atoms with Gasteiger partial charge in [-0.25, -0.2) is 9.78 Å². The number of rotatable bonds is 2. The van der Waals surface area contributed by atoms with E-state index in [0.717, 1.165) is 22.2 Å². The molecule has 3 aromatic rings. The molecule has 0 aliphatic carbocycles. The predicted molar refractivity (Wildman–Crippen MR) is 75.1 cm³/mol. The molecule has 0 atom stereocenters. The van der Waals surface area contributed by atoms with E-state index in [0.29, 0.717) is 5.56 Å². The van der Waals surface area contributed by atoms with Crippen molar-refractivity contribution in [1.29, 1.82) is 0 Å². The van der Waals surface area contributed by atoms with Gasteiger partial charge in [0.1, 0.15) is 5.65 Å². The largest absolute Gasteiger partial charge is 0.476 e. The lowest BCUT2D eigenvalue weighted by Crippen LogP contribution is -2.08. The van der Waals surface area contributed by atoms with Crippen LogP contribution >= 0.6 is 0 Å². The van der Waals surface area contributed by atoms with Crippen LogP contribution in [0.4, 0.5) is 13.2 Å². The van der Waals surface area contributed by atoms with E-state index in [9.17, 15) is 18.0 Å². The van der Waals surface area contributed by atoms with Gasteiger partial charge >= 0.3 is 12.1 Å². The minimum atomic E-state index is -4.66. The molecule has 3 heterocycles. The lowest BCUT2D eigenvalue weighted by molar-refractivity contribution is -0.136. The Bertz CT molecular complexity index is 916. The van der Waals surface area contributed by atoms with Crippen molar-refractivity contribution < 1.29 is 23.1 Å². The van der Waals surface area contributed by atoms with Crippen molar-refractivity contribution in [1.82, 2.24) is 14.4 Å². The van der Waals surface area contributed by atoms with Crippen molar-refractivity contribution in [3.63, 3.8) is 0 Å². The van der Waals surface area contributed by atoms with Gasteiger partial charge in [0.25, 0.3) is 0 Å². The van der Waals surface area contributed by atoms with Gasteiger partial charge in [-0.1, -0.05) is 0 Å². The number of carboxylic acid groups (broad SMARTS) is 1. The van der Waals surface area contributed by atoms with Gasteiger partial charge in [0.15, 0.2) is 5.69 Å². The van der Waals surface area contributed by atoms with E-state index < -0.39 is 29.1 Å². The molecule has 5 nitrogen and oxygen atoms in total. The first-order valence-corrected chi connectivity index (χ1v) is 6.51. The number of pyridine rings is 2. The standard InChI is InChI=1S/C15H10F3N3O2/c1-8-2-9(5-19-4-8)10-3-11(15(16,17)18)13-20-12(14(22)23)7-21(13)6-10/h2-7H,1H3,(H,22,23). The molecule has 1 N–H and O–H groups in total. The van der Waals surface area contributed by atoms with Gasteiger partial charge < -0.3 is 9.51 Å². The van der Waals surface area contributed by atoms with Crippen LogP contribution in [0.1, 0.15) is 21.6 Å². The third-order valence-electron chi connectivity index (χ3n) is 3.28. The van der Waals surface area contributed by atoms with E-state index in [1.54, 1.807) is 19.2 Å². The maximum absolute atomic E-state index is 13.3. The zero-order valence-corrected chi connectivity index (χ0v) is 11.8. The highest BCUT2D eigenvalue weighted by molar-refractivity contribution is 5.86. The average molecular weight is 321 g/mol. The zero-order chi connectivity index (χ0) is 16.8. The molecule has 0 aliphatic rings. The number of aromatic carboxylic acids is 1. The smallest absolute Gasteiger partial charge is 0.420 e. The quantitative estimate of drug-likeness (QED) is 0.785. The Morgan fingerprint density at radius 2 is 1.91 bits per heavy atom. The van der Waals surface area contributed by atoms with E-state index in [-0.39, 0.29) is 5.56 Å². The summed E-state index contributed by atoms with van der Waals surface area (Å²) in [6.45, 7) is 1.78. The van der Waals surface area contributed by atoms with E-state index in [1.807, 2.05) is 0 Å². The summed E-state index contributed by atoms with van der Waals surface area (Å²) in [5.74, 6) is -1.39. The lowest BCUT2D eigenvalue weighted by atomic mass is 10.1. The molecule has 0 bridgehead atoms. The maximum atomic E-state index is 13.3. The average Bonchev–Trinajstić information content (AvgIpc) is 2.89. The van der Waals surface area contributed by atoms with Crippen LogP contribution in [-0.4, -0.2) is 25.4 Å². The molecule has 0 spiro atoms. The van der Waals surface area contributed by atoms with Crippen molar-refractivity contribution in [2.24, 2.45) is 0 Å². The van der Waals surface area contributed by atoms with Gasteiger partial charge in [0.2, 0.25) is 0 Å². The van der Waals surface area contributed by atoms with Gasteiger partial charge in [0, 0.05) is 35.9 Å². The van der Waals surface area contributed by atoms with Gasteiger partial charge in [-0.15, -0.1) is 0 Å². The van der Waals surface area contributed by atoms with Crippen LogP contribution in [0.5, 0.6) is 0 Å². The number of carboxylic acids is 1. The van der Waals surface area contributed by atoms with Crippen molar-refractivity contribution >= 4 is 11.6 Å². The number of imidazole rings is 1. The molecule has 0 fully saturated rings. The Morgan fingerprint density at radius 3 is 2.52 bits per heavy atom. The maximum Gasteiger partial charge on any atom is 0.420 e. The number of halogens is 3. The van der Waals surface area contributed by atoms with Crippen molar-refractivity contribution in [3.8, 4) is 11.1 Å². The van der Waals surface area contributed by atoms with Crippen LogP contribution < -0.4 is 0 Å². The Kier molecular flexibility index (Phi) is 3.32. The highest BCUT2D eigenvalue weighted by Crippen LogP contribution is 2.35. The highest BCUT2D eigenvalue weighted by Gasteiger charge is 2.35. The van der Waals surface area contributed by atoms with E-state index in [2.05, 4.69) is 9.97 Å². The molecule has 0 unspecified atom stereocenters. The number of hydrogen-bond acceptors (Lipinski definition) is 3. The van der Waals surface area contributed by atoms with Crippen molar-refractivity contribution in [3.05, 3.63) is 53.7 Å². The molecule has 0 aliphatic heterocycles. The second-order valence-electron chi connectivity index (χ2n) is 5.05. The van der Waals surface area contributed by atoms with Crippen molar-refractivity contribution in [2.75, 3.05) is 0 Å². The fraction of sp³-hybridized carbons (Fsp3) is 0.133. The van der Waals surface area contributed by atoms with Gasteiger partial charge in [-0.2, -0.15) is 13.2 Å². The molecule has 0 aromatic carbocycles. The van der Waals surface area contributed by atoms with Crippen LogP contribution in [0.25, 0.3) is 16.8 Å². The summed E-state index contributed by atoms with van der Waals surface area (Å²) in [6.07, 6.45) is 0.839. The summed E-state index contributed by atoms with van der Waals surface area (Å²) in [5, 5.41) is 8.94. The number of aromatic nitrogens is 3. The number of aryl methyl sites for hydroxylation is 1. The summed E-state index contributed by atoms with van der Waals surface area (Å²) in [5.41, 5.74) is -0.315. The molecule has 0 saturated heterocycles. The van der Waals surface area contributed by atoms with Gasteiger partial charge in [-0.05, 0) is 24.6 Å². The third-order valence-corrected chi connectivity index (χ3v) is 3.28. The number of fused-ring (bicyclic) bond motifs is 1. The number of nitrogens with zero attached hydrogens (tertiary/aromatic N) is 3. The second kappa shape index (κ2) is 5.08. The van der Waals surface area contributed by atoms with E-state index in [4.69, 9.17) is 5.11 Å². The first kappa shape index (κ1) is 15.0. The normalized spacial score (nSPS) is 11.8. The molecule has 23 heavy (non-hydrogen) atoms. The summed E-state index contributed by atoms with van der Waals surface area (Å²) in [4.78, 5) is 18.5. The van der Waals surface area contributed by atoms with Crippen LogP contribution in [0.15, 0.2) is 36.9 Å². The Morgan fingerprint density at radius 1 is 1.17 bits per heavy atom. The molecule has 0 radical (unpaired) electrons. The van der Waals surface area contributed by atoms with Crippen LogP contribution in [0.2, 0.25) is 0 Å². The molecule has 0 amide bonds. The highest BCUT2D eigenvalue weighted by atomic mass is 19.4. The molecule has 3 aromatic heterocycles. The third kappa shape index (κ3) is 2.75. The molecule has 3 rings (SSSR count). The van der Waals surface area contributed by atoms with E-state index in [1.165, 1.54) is 12.4 Å². The van der Waals surface area contributed by atoms with E-state index >= 15 is 0 Å². The SMILES string of the molecule is Cc1cncc(-c2cc(C(F)(F)F)c3nc(C(=O)O)cn3c2)c1. The zero-order valence-electron chi connectivity index (χ0n) is 11.8. The number of carbonyl (C=O) groups is 1.